The molecule has 0 aromatic carbocycles. The third-order valence-electron chi connectivity index (χ3n) is 9.31. The highest BCUT2D eigenvalue weighted by atomic mass is 28.3. The van der Waals surface area contributed by atoms with Gasteiger partial charge < -0.3 is 9.47 Å². The molecule has 2 aliphatic rings. The van der Waals surface area contributed by atoms with Gasteiger partial charge in [0.25, 0.3) is 0 Å². The third kappa shape index (κ3) is 4.21. The maximum absolute atomic E-state index is 6.96. The van der Waals surface area contributed by atoms with Crippen molar-refractivity contribution in [3.8, 4) is 0 Å². The summed E-state index contributed by atoms with van der Waals surface area (Å²) in [6.45, 7) is 27.4. The number of rotatable bonds is 4. The van der Waals surface area contributed by atoms with Crippen molar-refractivity contribution in [1.82, 2.24) is 0 Å². The van der Waals surface area contributed by atoms with Gasteiger partial charge in [0.1, 0.15) is 0 Å². The lowest BCUT2D eigenvalue weighted by molar-refractivity contribution is -0.00526. The van der Waals surface area contributed by atoms with Gasteiger partial charge in [0.2, 0.25) is 0 Å². The average molecular weight is 427 g/mol. The van der Waals surface area contributed by atoms with E-state index in [1.807, 2.05) is 0 Å². The summed E-state index contributed by atoms with van der Waals surface area (Å²) < 4.78 is 14.3. The monoisotopic (exact) mass is 426 g/mol. The fourth-order valence-corrected chi connectivity index (χ4v) is 21.7. The minimum atomic E-state index is -1.64. The highest BCUT2D eigenvalue weighted by molar-refractivity contribution is 6.97. The Balaban J connectivity index is 2.55. The van der Waals surface area contributed by atoms with Gasteiger partial charge in [0.05, 0.1) is 16.1 Å². The standard InChI is InChI=1S/2C11H23OSi.Al.H/c2*1-11(2,3)13(4,5)10-8-6-7-9-12-10;;/h2*6-9H2,1-5H3;;. The molecule has 158 valence electrons. The molecular formula is C22H47AlO2Si2. The highest BCUT2D eigenvalue weighted by Gasteiger charge is 2.64. The minimum Gasteiger partial charge on any atom is -0.393 e. The van der Waals surface area contributed by atoms with Gasteiger partial charge in [0, 0.05) is 21.4 Å². The van der Waals surface area contributed by atoms with Crippen LogP contribution in [-0.2, 0) is 9.47 Å². The zero-order chi connectivity index (χ0) is 20.8. The van der Waals surface area contributed by atoms with E-state index in [0.717, 1.165) is 13.2 Å². The first-order chi connectivity index (χ1) is 12.1. The van der Waals surface area contributed by atoms with E-state index < -0.39 is 31.4 Å². The highest BCUT2D eigenvalue weighted by Crippen LogP contribution is 2.53. The summed E-state index contributed by atoms with van der Waals surface area (Å²) in [7, 11) is -3.28. The molecule has 0 bridgehead atoms. The van der Waals surface area contributed by atoms with Gasteiger partial charge in [-0.1, -0.05) is 67.7 Å². The topological polar surface area (TPSA) is 18.5 Å². The quantitative estimate of drug-likeness (QED) is 0.490. The SMILES string of the molecule is CC(C)(C)[Si](C)(C)[C]1([AlH][C]2([Si](C)(C)C(C)(C)C)CCCCO2)CCCCO1. The van der Waals surface area contributed by atoms with Gasteiger partial charge in [0.15, 0.2) is 0 Å². The van der Waals surface area contributed by atoms with Crippen LogP contribution in [0, 0.1) is 0 Å². The molecule has 0 saturated carbocycles. The molecule has 2 saturated heterocycles. The molecule has 2 fully saturated rings. The van der Waals surface area contributed by atoms with E-state index in [9.17, 15) is 0 Å². The first-order valence-electron chi connectivity index (χ1n) is 11.4. The van der Waals surface area contributed by atoms with E-state index in [1.165, 1.54) is 38.5 Å². The van der Waals surface area contributed by atoms with Crippen LogP contribution in [0.3, 0.4) is 0 Å². The summed E-state index contributed by atoms with van der Waals surface area (Å²) >= 11 is -0.583. The van der Waals surface area contributed by atoms with Gasteiger partial charge >= 0.3 is 15.2 Å². The van der Waals surface area contributed by atoms with Crippen molar-refractivity contribution in [2.24, 2.45) is 0 Å². The van der Waals surface area contributed by atoms with Crippen LogP contribution in [0.25, 0.3) is 0 Å². The van der Waals surface area contributed by atoms with E-state index in [-0.39, 0.29) is 8.17 Å². The molecule has 2 aliphatic heterocycles. The molecule has 2 heterocycles. The minimum absolute atomic E-state index is 0.191. The van der Waals surface area contributed by atoms with Gasteiger partial charge in [-0.2, -0.15) is 0 Å². The Bertz CT molecular complexity index is 459. The zero-order valence-electron chi connectivity index (χ0n) is 20.2. The third-order valence-corrected chi connectivity index (χ3v) is 30.8. The second-order valence-corrected chi connectivity index (χ2v) is 27.9. The molecule has 0 aromatic rings. The molecule has 27 heavy (non-hydrogen) atoms. The molecule has 2 rings (SSSR count). The number of ether oxygens (including phenoxy) is 2. The Morgan fingerprint density at radius 3 is 1.19 bits per heavy atom. The largest absolute Gasteiger partial charge is 0.393 e. The lowest BCUT2D eigenvalue weighted by atomic mass is 10.2. The Kier molecular flexibility index (Phi) is 7.03. The maximum atomic E-state index is 6.96. The maximum Gasteiger partial charge on any atom is 0.326 e. The summed E-state index contributed by atoms with van der Waals surface area (Å²) in [6, 6.07) is 0. The van der Waals surface area contributed by atoms with E-state index >= 15 is 0 Å². The van der Waals surface area contributed by atoms with Crippen LogP contribution >= 0.6 is 0 Å². The lowest BCUT2D eigenvalue weighted by Gasteiger charge is -2.61. The molecule has 0 aliphatic carbocycles. The van der Waals surface area contributed by atoms with Crippen LogP contribution in [0.5, 0.6) is 0 Å². The normalized spacial score (nSPS) is 31.6. The van der Waals surface area contributed by atoms with Gasteiger partial charge in [-0.25, -0.2) is 0 Å². The van der Waals surface area contributed by atoms with Crippen LogP contribution in [0.1, 0.15) is 80.1 Å². The second-order valence-electron chi connectivity index (χ2n) is 12.5. The van der Waals surface area contributed by atoms with Crippen molar-refractivity contribution in [2.45, 2.75) is 125 Å². The molecular weight excluding hydrogens is 379 g/mol. The van der Waals surface area contributed by atoms with Crippen LogP contribution in [0.15, 0.2) is 0 Å². The second kappa shape index (κ2) is 7.86. The number of hydrogen-bond donors (Lipinski definition) is 0. The van der Waals surface area contributed by atoms with Crippen LogP contribution in [-0.4, -0.2) is 52.8 Å². The molecule has 0 radical (unpaired) electrons. The summed E-state index contributed by atoms with van der Waals surface area (Å²) in [5, 5.41) is 0.723. The van der Waals surface area contributed by atoms with Gasteiger partial charge in [-0.05, 0) is 48.6 Å². The van der Waals surface area contributed by atoms with Crippen LogP contribution in [0.4, 0.5) is 0 Å². The Morgan fingerprint density at radius 1 is 0.630 bits per heavy atom. The van der Waals surface area contributed by atoms with Crippen molar-refractivity contribution < 1.29 is 9.47 Å². The summed E-state index contributed by atoms with van der Waals surface area (Å²) in [5.74, 6) is 0. The van der Waals surface area contributed by atoms with Gasteiger partial charge in [-0.15, -0.1) is 0 Å². The predicted octanol–water partition coefficient (Wildman–Crippen LogP) is 6.31. The lowest BCUT2D eigenvalue weighted by Crippen LogP contribution is -2.76. The average Bonchev–Trinajstić information content (AvgIpc) is 2.54. The van der Waals surface area contributed by atoms with Crippen LogP contribution in [0.2, 0.25) is 36.3 Å². The van der Waals surface area contributed by atoms with E-state index in [2.05, 4.69) is 67.7 Å². The molecule has 0 spiro atoms. The fourth-order valence-electron chi connectivity index (χ4n) is 5.24. The van der Waals surface area contributed by atoms with E-state index in [4.69, 9.17) is 9.47 Å². The van der Waals surface area contributed by atoms with Crippen molar-refractivity contribution >= 4 is 31.4 Å². The summed E-state index contributed by atoms with van der Waals surface area (Å²) in [6.07, 6.45) is 7.81. The Labute approximate surface area is 178 Å². The molecule has 0 N–H and O–H groups in total. The molecule has 5 heteroatoms. The van der Waals surface area contributed by atoms with Crippen molar-refractivity contribution in [1.29, 1.82) is 0 Å². The molecule has 2 unspecified atom stereocenters. The van der Waals surface area contributed by atoms with Crippen LogP contribution < -0.4 is 0 Å². The first kappa shape index (κ1) is 24.2. The predicted molar refractivity (Wildman–Crippen MR) is 127 cm³/mol. The molecule has 0 amide bonds. The van der Waals surface area contributed by atoms with Crippen molar-refractivity contribution in [3.05, 3.63) is 0 Å². The molecule has 0 aromatic heterocycles. The summed E-state index contributed by atoms with van der Waals surface area (Å²) in [4.78, 5) is 0. The van der Waals surface area contributed by atoms with Gasteiger partial charge in [-0.3, -0.25) is 0 Å². The fraction of sp³-hybridized carbons (Fsp3) is 1.00. The number of hydrogen-bond acceptors (Lipinski definition) is 2. The molecule has 2 atom stereocenters. The van der Waals surface area contributed by atoms with Crippen molar-refractivity contribution in [3.63, 3.8) is 0 Å². The van der Waals surface area contributed by atoms with E-state index in [0.29, 0.717) is 10.1 Å². The first-order valence-corrected chi connectivity index (χ1v) is 18.8. The molecule has 2 nitrogen and oxygen atoms in total. The smallest absolute Gasteiger partial charge is 0.326 e. The van der Waals surface area contributed by atoms with Crippen molar-refractivity contribution in [2.75, 3.05) is 13.2 Å². The Hall–Kier alpha value is 0.886. The summed E-state index contributed by atoms with van der Waals surface area (Å²) in [5.41, 5.74) is 0. The van der Waals surface area contributed by atoms with E-state index in [1.54, 1.807) is 0 Å². The Morgan fingerprint density at radius 2 is 0.963 bits per heavy atom. The zero-order valence-corrected chi connectivity index (χ0v) is 23.6.